The van der Waals surface area contributed by atoms with Crippen LogP contribution in [0.1, 0.15) is 31.2 Å². The quantitative estimate of drug-likeness (QED) is 0.852. The molecule has 3 rings (SSSR count). The van der Waals surface area contributed by atoms with E-state index in [1.165, 1.54) is 47.9 Å². The van der Waals surface area contributed by atoms with Crippen LogP contribution in [0.3, 0.4) is 0 Å². The molecule has 2 heteroatoms. The second kappa shape index (κ2) is 5.19. The molecule has 1 aliphatic rings. The Morgan fingerprint density at radius 1 is 1.18 bits per heavy atom. The molecule has 17 heavy (non-hydrogen) atoms. The van der Waals surface area contributed by atoms with E-state index in [1.807, 2.05) is 11.3 Å². The molecule has 0 bridgehead atoms. The van der Waals surface area contributed by atoms with Crippen molar-refractivity contribution in [2.24, 2.45) is 5.92 Å². The van der Waals surface area contributed by atoms with Gasteiger partial charge >= 0.3 is 0 Å². The second-order valence-corrected chi connectivity index (χ2v) is 5.95. The summed E-state index contributed by atoms with van der Waals surface area (Å²) in [6.07, 6.45) is 5.73. The van der Waals surface area contributed by atoms with Gasteiger partial charge in [0.1, 0.15) is 0 Å². The molecular weight excluding hydrogens is 226 g/mol. The first-order chi connectivity index (χ1) is 8.43. The summed E-state index contributed by atoms with van der Waals surface area (Å²) < 4.78 is 1.41. The Hall–Kier alpha value is -0.860. The second-order valence-electron chi connectivity index (χ2n) is 5.04. The Bertz CT molecular complexity index is 482. The van der Waals surface area contributed by atoms with Crippen LogP contribution in [-0.4, -0.2) is 6.54 Å². The number of thiophene rings is 1. The van der Waals surface area contributed by atoms with Crippen LogP contribution in [0.2, 0.25) is 0 Å². The van der Waals surface area contributed by atoms with E-state index >= 15 is 0 Å². The Morgan fingerprint density at radius 3 is 2.88 bits per heavy atom. The summed E-state index contributed by atoms with van der Waals surface area (Å²) in [5, 5.41) is 7.35. The third-order valence-corrected chi connectivity index (χ3v) is 4.80. The number of nitrogens with one attached hydrogen (secondary N) is 1. The molecule has 0 aliphatic heterocycles. The van der Waals surface area contributed by atoms with Crippen molar-refractivity contribution in [3.63, 3.8) is 0 Å². The molecule has 0 saturated heterocycles. The molecule has 2 aromatic rings. The van der Waals surface area contributed by atoms with Crippen LogP contribution >= 0.6 is 11.3 Å². The number of hydrogen-bond acceptors (Lipinski definition) is 2. The molecule has 1 heterocycles. The summed E-state index contributed by atoms with van der Waals surface area (Å²) in [4.78, 5) is 0. The topological polar surface area (TPSA) is 12.0 Å². The summed E-state index contributed by atoms with van der Waals surface area (Å²) in [6.45, 7) is 2.23. The molecule has 1 fully saturated rings. The van der Waals surface area contributed by atoms with Crippen LogP contribution in [0.25, 0.3) is 10.1 Å². The molecule has 90 valence electrons. The van der Waals surface area contributed by atoms with Crippen LogP contribution < -0.4 is 5.32 Å². The van der Waals surface area contributed by atoms with E-state index in [0.29, 0.717) is 0 Å². The fourth-order valence-electron chi connectivity index (χ4n) is 2.80. The average molecular weight is 245 g/mol. The van der Waals surface area contributed by atoms with Crippen molar-refractivity contribution in [2.45, 2.75) is 32.2 Å². The highest BCUT2D eigenvalue weighted by Crippen LogP contribution is 2.26. The highest BCUT2D eigenvalue weighted by Gasteiger charge is 2.14. The normalized spacial score (nSPS) is 16.9. The maximum absolute atomic E-state index is 3.63. The van der Waals surface area contributed by atoms with Crippen molar-refractivity contribution >= 4 is 21.4 Å². The summed E-state index contributed by atoms with van der Waals surface area (Å²) in [7, 11) is 0. The third-order valence-electron chi connectivity index (χ3n) is 3.78. The molecule has 1 aromatic carbocycles. The molecule has 1 nitrogen and oxygen atoms in total. The van der Waals surface area contributed by atoms with Crippen molar-refractivity contribution in [3.8, 4) is 0 Å². The van der Waals surface area contributed by atoms with E-state index < -0.39 is 0 Å². The number of benzene rings is 1. The lowest BCUT2D eigenvalue weighted by Crippen LogP contribution is -2.20. The van der Waals surface area contributed by atoms with Gasteiger partial charge in [0.2, 0.25) is 0 Å². The number of rotatable bonds is 4. The summed E-state index contributed by atoms with van der Waals surface area (Å²) in [5.74, 6) is 0.930. The molecule has 1 aromatic heterocycles. The minimum absolute atomic E-state index is 0.930. The zero-order valence-corrected chi connectivity index (χ0v) is 10.9. The van der Waals surface area contributed by atoms with Crippen molar-refractivity contribution in [3.05, 3.63) is 35.2 Å². The molecule has 0 unspecified atom stereocenters. The smallest absolute Gasteiger partial charge is 0.0346 e. The fraction of sp³-hybridized carbons (Fsp3) is 0.467. The standard InChI is InChI=1S/C15H19NS/c1-2-6-12(5-1)9-16-10-13-11-17-15-8-4-3-7-14(13)15/h3-4,7-8,11-12,16H,1-2,5-6,9-10H2. The minimum Gasteiger partial charge on any atom is -0.312 e. The monoisotopic (exact) mass is 245 g/mol. The van der Waals surface area contributed by atoms with Gasteiger partial charge in [-0.25, -0.2) is 0 Å². The molecule has 0 atom stereocenters. The Balaban J connectivity index is 1.60. The highest BCUT2D eigenvalue weighted by molar-refractivity contribution is 7.17. The zero-order valence-electron chi connectivity index (χ0n) is 10.1. The largest absolute Gasteiger partial charge is 0.312 e. The van der Waals surface area contributed by atoms with Crippen molar-refractivity contribution in [2.75, 3.05) is 6.54 Å². The van der Waals surface area contributed by atoms with Gasteiger partial charge in [0.25, 0.3) is 0 Å². The van der Waals surface area contributed by atoms with Crippen molar-refractivity contribution < 1.29 is 0 Å². The minimum atomic E-state index is 0.930. The van der Waals surface area contributed by atoms with Gasteiger partial charge in [-0.3, -0.25) is 0 Å². The molecule has 0 spiro atoms. The Kier molecular flexibility index (Phi) is 3.44. The Labute approximate surface area is 107 Å². The lowest BCUT2D eigenvalue weighted by molar-refractivity contribution is 0.490. The first-order valence-corrected chi connectivity index (χ1v) is 7.47. The van der Waals surface area contributed by atoms with Gasteiger partial charge in [-0.2, -0.15) is 0 Å². The molecule has 1 saturated carbocycles. The number of fused-ring (bicyclic) bond motifs is 1. The van der Waals surface area contributed by atoms with Gasteiger partial charge in [-0.05, 0) is 47.7 Å². The molecule has 1 aliphatic carbocycles. The lowest BCUT2D eigenvalue weighted by atomic mass is 10.1. The molecule has 1 N–H and O–H groups in total. The van der Waals surface area contributed by atoms with Gasteiger partial charge in [-0.15, -0.1) is 11.3 Å². The van der Waals surface area contributed by atoms with Crippen LogP contribution in [0, 0.1) is 5.92 Å². The van der Waals surface area contributed by atoms with E-state index in [2.05, 4.69) is 35.0 Å². The number of hydrogen-bond donors (Lipinski definition) is 1. The maximum atomic E-state index is 3.63. The SMILES string of the molecule is c1ccc2c(CNCC3CCCC3)csc2c1. The first-order valence-electron chi connectivity index (χ1n) is 6.59. The van der Waals surface area contributed by atoms with Crippen LogP contribution in [0.5, 0.6) is 0 Å². The van der Waals surface area contributed by atoms with E-state index in [4.69, 9.17) is 0 Å². The van der Waals surface area contributed by atoms with Crippen molar-refractivity contribution in [1.29, 1.82) is 0 Å². The average Bonchev–Trinajstić information content (AvgIpc) is 2.99. The maximum Gasteiger partial charge on any atom is 0.0346 e. The van der Waals surface area contributed by atoms with Gasteiger partial charge in [0, 0.05) is 11.2 Å². The summed E-state index contributed by atoms with van der Waals surface area (Å²) in [6, 6.07) is 8.70. The fourth-order valence-corrected chi connectivity index (χ4v) is 3.76. The van der Waals surface area contributed by atoms with Crippen LogP contribution in [-0.2, 0) is 6.54 Å². The molecular formula is C15H19NS. The van der Waals surface area contributed by atoms with Gasteiger partial charge in [-0.1, -0.05) is 31.0 Å². The van der Waals surface area contributed by atoms with E-state index in [9.17, 15) is 0 Å². The van der Waals surface area contributed by atoms with Crippen molar-refractivity contribution in [1.82, 2.24) is 5.32 Å². The van der Waals surface area contributed by atoms with E-state index in [1.54, 1.807) is 0 Å². The molecule has 0 radical (unpaired) electrons. The summed E-state index contributed by atoms with van der Waals surface area (Å²) in [5.41, 5.74) is 1.46. The van der Waals surface area contributed by atoms with Gasteiger partial charge in [0.15, 0.2) is 0 Å². The third kappa shape index (κ3) is 2.53. The zero-order chi connectivity index (χ0) is 11.5. The highest BCUT2D eigenvalue weighted by atomic mass is 32.1. The Morgan fingerprint density at radius 2 is 2.00 bits per heavy atom. The molecule has 0 amide bonds. The lowest BCUT2D eigenvalue weighted by Gasteiger charge is -2.09. The van der Waals surface area contributed by atoms with Gasteiger partial charge in [0.05, 0.1) is 0 Å². The van der Waals surface area contributed by atoms with Gasteiger partial charge < -0.3 is 5.32 Å². The first kappa shape index (κ1) is 11.2. The predicted molar refractivity (Wildman–Crippen MR) is 75.5 cm³/mol. The van der Waals surface area contributed by atoms with E-state index in [-0.39, 0.29) is 0 Å². The predicted octanol–water partition coefficient (Wildman–Crippen LogP) is 4.18. The van der Waals surface area contributed by atoms with Crippen LogP contribution in [0.15, 0.2) is 29.6 Å². The van der Waals surface area contributed by atoms with E-state index in [0.717, 1.165) is 12.5 Å². The summed E-state index contributed by atoms with van der Waals surface area (Å²) >= 11 is 1.86. The van der Waals surface area contributed by atoms with Crippen LogP contribution in [0.4, 0.5) is 0 Å².